The molecule has 1 amide bonds. The second-order valence-electron chi connectivity index (χ2n) is 6.20. The first-order chi connectivity index (χ1) is 14.1. The molecule has 0 atom stereocenters. The summed E-state index contributed by atoms with van der Waals surface area (Å²) in [5, 5.41) is 10.9. The van der Waals surface area contributed by atoms with E-state index in [0.29, 0.717) is 6.07 Å². The average molecular weight is 436 g/mol. The number of aliphatic hydroxyl groups excluding tert-OH is 1. The van der Waals surface area contributed by atoms with E-state index in [4.69, 9.17) is 5.11 Å². The van der Waals surface area contributed by atoms with Gasteiger partial charge in [0.15, 0.2) is 11.6 Å². The molecule has 0 spiro atoms. The topological polar surface area (TPSA) is 70.6 Å². The van der Waals surface area contributed by atoms with Gasteiger partial charge < -0.3 is 10.4 Å². The molecule has 0 aliphatic heterocycles. The number of rotatable bonds is 9. The summed E-state index contributed by atoms with van der Waals surface area (Å²) >= 11 is 0. The molecular formula is C19H18F6N2O3. The van der Waals surface area contributed by atoms with Crippen LogP contribution in [0.5, 0.6) is 0 Å². The van der Waals surface area contributed by atoms with Crippen LogP contribution in [-0.2, 0) is 11.3 Å². The van der Waals surface area contributed by atoms with Gasteiger partial charge in [-0.1, -0.05) is 6.07 Å². The van der Waals surface area contributed by atoms with Crippen molar-refractivity contribution in [3.63, 3.8) is 0 Å². The van der Waals surface area contributed by atoms with Gasteiger partial charge in [0.1, 0.15) is 5.82 Å². The lowest BCUT2D eigenvalue weighted by molar-refractivity contribution is -0.135. The predicted molar refractivity (Wildman–Crippen MR) is 95.5 cm³/mol. The molecule has 0 fully saturated rings. The zero-order valence-corrected chi connectivity index (χ0v) is 15.5. The quantitative estimate of drug-likeness (QED) is 0.310. The number of benzene rings is 2. The summed E-state index contributed by atoms with van der Waals surface area (Å²) in [6.45, 7) is -0.647. The van der Waals surface area contributed by atoms with Gasteiger partial charge in [0.05, 0.1) is 30.2 Å². The third kappa shape index (κ3) is 6.63. The first kappa shape index (κ1) is 23.5. The number of alkyl halides is 3. The number of anilines is 2. The SMILES string of the molecule is O=C(NOCCO)c1ccc(F)c(F)c1Nc1ccc(CCCC(F)(F)F)cc1F. The first-order valence-electron chi connectivity index (χ1n) is 8.75. The summed E-state index contributed by atoms with van der Waals surface area (Å²) in [5.41, 5.74) is 0.827. The highest BCUT2D eigenvalue weighted by Crippen LogP contribution is 2.29. The molecule has 0 aliphatic carbocycles. The minimum atomic E-state index is -4.31. The lowest BCUT2D eigenvalue weighted by Gasteiger charge is -2.15. The van der Waals surface area contributed by atoms with Gasteiger partial charge in [-0.25, -0.2) is 18.7 Å². The van der Waals surface area contributed by atoms with E-state index in [1.165, 1.54) is 6.07 Å². The van der Waals surface area contributed by atoms with Crippen LogP contribution >= 0.6 is 0 Å². The molecule has 0 unspecified atom stereocenters. The molecule has 0 aromatic heterocycles. The minimum Gasteiger partial charge on any atom is -0.394 e. The molecule has 0 aliphatic rings. The van der Waals surface area contributed by atoms with Crippen molar-refractivity contribution in [1.29, 1.82) is 0 Å². The number of carbonyl (C=O) groups excluding carboxylic acids is 1. The number of hydrogen-bond acceptors (Lipinski definition) is 4. The van der Waals surface area contributed by atoms with Crippen LogP contribution in [0.1, 0.15) is 28.8 Å². The monoisotopic (exact) mass is 436 g/mol. The van der Waals surface area contributed by atoms with Crippen LogP contribution in [0.25, 0.3) is 0 Å². The maximum atomic E-state index is 14.4. The van der Waals surface area contributed by atoms with Crippen molar-refractivity contribution in [2.75, 3.05) is 18.5 Å². The molecule has 164 valence electrons. The van der Waals surface area contributed by atoms with Gasteiger partial charge in [-0.2, -0.15) is 13.2 Å². The van der Waals surface area contributed by atoms with E-state index in [-0.39, 0.29) is 30.7 Å². The van der Waals surface area contributed by atoms with Gasteiger partial charge >= 0.3 is 6.18 Å². The van der Waals surface area contributed by atoms with Crippen LogP contribution in [0.2, 0.25) is 0 Å². The summed E-state index contributed by atoms with van der Waals surface area (Å²) in [4.78, 5) is 16.7. The molecule has 0 saturated heterocycles. The Morgan fingerprint density at radius 3 is 2.43 bits per heavy atom. The van der Waals surface area contributed by atoms with Crippen molar-refractivity contribution in [3.05, 3.63) is 58.9 Å². The molecule has 2 aromatic rings. The maximum Gasteiger partial charge on any atom is 0.389 e. The third-order valence-electron chi connectivity index (χ3n) is 3.92. The fourth-order valence-corrected chi connectivity index (χ4v) is 2.52. The minimum absolute atomic E-state index is 0.0269. The Hall–Kier alpha value is -2.79. The predicted octanol–water partition coefficient (Wildman–Crippen LogP) is 4.39. The van der Waals surface area contributed by atoms with Crippen LogP contribution in [0.3, 0.4) is 0 Å². The summed E-state index contributed by atoms with van der Waals surface area (Å²) in [5.74, 6) is -4.65. The van der Waals surface area contributed by atoms with Crippen molar-refractivity contribution in [3.8, 4) is 0 Å². The largest absolute Gasteiger partial charge is 0.394 e. The van der Waals surface area contributed by atoms with Crippen LogP contribution in [0, 0.1) is 17.5 Å². The molecule has 0 bridgehead atoms. The smallest absolute Gasteiger partial charge is 0.389 e. The molecule has 30 heavy (non-hydrogen) atoms. The molecule has 2 rings (SSSR count). The maximum absolute atomic E-state index is 14.4. The standard InChI is InChI=1S/C19H18F6N2O3/c20-13-5-4-12(18(29)27-30-9-8-28)17(16(13)22)26-15-6-3-11(10-14(15)21)2-1-7-19(23,24)25/h3-6,10,26,28H,1-2,7-9H2,(H,27,29). The summed E-state index contributed by atoms with van der Waals surface area (Å²) < 4.78 is 78.9. The number of amides is 1. The number of hydrogen-bond donors (Lipinski definition) is 3. The normalized spacial score (nSPS) is 11.4. The van der Waals surface area contributed by atoms with Crippen molar-refractivity contribution >= 4 is 17.3 Å². The van der Waals surface area contributed by atoms with Gasteiger partial charge in [-0.05, 0) is 42.7 Å². The first-order valence-corrected chi connectivity index (χ1v) is 8.75. The zero-order chi connectivity index (χ0) is 22.3. The number of halogens is 6. The van der Waals surface area contributed by atoms with Crippen molar-refractivity contribution < 1.29 is 41.1 Å². The van der Waals surface area contributed by atoms with E-state index >= 15 is 0 Å². The molecule has 0 heterocycles. The molecule has 0 radical (unpaired) electrons. The van der Waals surface area contributed by atoms with E-state index in [2.05, 4.69) is 10.2 Å². The lowest BCUT2D eigenvalue weighted by Crippen LogP contribution is -2.26. The summed E-state index contributed by atoms with van der Waals surface area (Å²) in [6.07, 6.45) is -5.58. The number of aliphatic hydroxyl groups is 1. The van der Waals surface area contributed by atoms with Gasteiger partial charge in [-0.15, -0.1) is 0 Å². The highest BCUT2D eigenvalue weighted by Gasteiger charge is 2.26. The van der Waals surface area contributed by atoms with Gasteiger partial charge in [0.2, 0.25) is 0 Å². The zero-order valence-electron chi connectivity index (χ0n) is 15.5. The molecule has 11 heteroatoms. The molecule has 0 saturated carbocycles. The lowest BCUT2D eigenvalue weighted by atomic mass is 10.1. The molecule has 2 aromatic carbocycles. The summed E-state index contributed by atoms with van der Waals surface area (Å²) in [7, 11) is 0. The Balaban J connectivity index is 2.20. The van der Waals surface area contributed by atoms with E-state index in [9.17, 15) is 31.1 Å². The van der Waals surface area contributed by atoms with E-state index < -0.39 is 53.8 Å². The van der Waals surface area contributed by atoms with Crippen LogP contribution in [0.15, 0.2) is 30.3 Å². The number of hydroxylamine groups is 1. The van der Waals surface area contributed by atoms with Gasteiger partial charge in [0.25, 0.3) is 5.91 Å². The van der Waals surface area contributed by atoms with Crippen molar-refractivity contribution in [2.24, 2.45) is 0 Å². The van der Waals surface area contributed by atoms with Gasteiger partial charge in [-0.3, -0.25) is 9.63 Å². The Kier molecular flexibility index (Phi) is 8.07. The Morgan fingerprint density at radius 2 is 1.80 bits per heavy atom. The summed E-state index contributed by atoms with van der Waals surface area (Å²) in [6, 6.07) is 5.10. The molecule has 5 nitrogen and oxygen atoms in total. The number of carbonyl (C=O) groups is 1. The molecule has 3 N–H and O–H groups in total. The number of nitrogens with one attached hydrogen (secondary N) is 2. The molecular weight excluding hydrogens is 418 g/mol. The van der Waals surface area contributed by atoms with Gasteiger partial charge in [0, 0.05) is 6.42 Å². The fourth-order valence-electron chi connectivity index (χ4n) is 2.52. The van der Waals surface area contributed by atoms with E-state index in [1.54, 1.807) is 0 Å². The van der Waals surface area contributed by atoms with E-state index in [1.807, 2.05) is 5.48 Å². The second kappa shape index (κ2) is 10.3. The van der Waals surface area contributed by atoms with Crippen molar-refractivity contribution in [2.45, 2.75) is 25.4 Å². The third-order valence-corrected chi connectivity index (χ3v) is 3.92. The van der Waals surface area contributed by atoms with Crippen LogP contribution in [-0.4, -0.2) is 30.4 Å². The Bertz CT molecular complexity index is 889. The second-order valence-corrected chi connectivity index (χ2v) is 6.20. The van der Waals surface area contributed by atoms with Crippen LogP contribution in [0.4, 0.5) is 37.7 Å². The average Bonchev–Trinajstić information content (AvgIpc) is 2.66. The highest BCUT2D eigenvalue weighted by molar-refractivity contribution is 5.99. The van der Waals surface area contributed by atoms with Crippen LogP contribution < -0.4 is 10.8 Å². The Morgan fingerprint density at radius 1 is 1.07 bits per heavy atom. The fraction of sp³-hybridized carbons (Fsp3) is 0.316. The van der Waals surface area contributed by atoms with E-state index in [0.717, 1.165) is 18.2 Å². The highest BCUT2D eigenvalue weighted by atomic mass is 19.4. The number of aryl methyl sites for hydroxylation is 1. The van der Waals surface area contributed by atoms with Crippen molar-refractivity contribution in [1.82, 2.24) is 5.48 Å². The Labute approximate surface area is 167 Å².